The maximum atomic E-state index is 10.2. The molecule has 0 aromatic carbocycles. The van der Waals surface area contributed by atoms with Crippen LogP contribution in [0, 0.1) is 0 Å². The lowest BCUT2D eigenvalue weighted by atomic mass is 10.5. The Kier molecular flexibility index (Phi) is 9.83. The predicted octanol–water partition coefficient (Wildman–Crippen LogP) is 1.79. The second kappa shape index (κ2) is 8.01. The molecule has 0 N–H and O–H groups in total. The fraction of sp³-hybridized carbons (Fsp3) is 1.00. The Bertz CT molecular complexity index is 137. The molecule has 0 aromatic rings. The van der Waals surface area contributed by atoms with E-state index < -0.39 is 10.1 Å². The van der Waals surface area contributed by atoms with Crippen molar-refractivity contribution in [2.75, 3.05) is 12.4 Å². The number of hydrogen-bond donors (Lipinski definition) is 0. The summed E-state index contributed by atoms with van der Waals surface area (Å²) in [6, 6.07) is 0. The lowest BCUT2D eigenvalue weighted by Crippen LogP contribution is -1.96. The fourth-order valence-electron chi connectivity index (χ4n) is 0.481. The van der Waals surface area contributed by atoms with Gasteiger partial charge in [-0.2, -0.15) is 8.42 Å². The van der Waals surface area contributed by atoms with Gasteiger partial charge in [0, 0.05) is 0 Å². The number of rotatable bonds is 0. The molecule has 0 amide bonds. The van der Waals surface area contributed by atoms with Crippen molar-refractivity contribution >= 4 is 10.1 Å². The van der Waals surface area contributed by atoms with Crippen LogP contribution in [0.15, 0.2) is 0 Å². The second-order valence-electron chi connectivity index (χ2n) is 1.44. The monoisotopic (exact) mass is 182 g/mol. The van der Waals surface area contributed by atoms with E-state index in [2.05, 4.69) is 4.18 Å². The van der Waals surface area contributed by atoms with Gasteiger partial charge in [0.05, 0.1) is 12.4 Å². The van der Waals surface area contributed by atoms with Crippen molar-refractivity contribution in [1.29, 1.82) is 0 Å². The van der Waals surface area contributed by atoms with Crippen molar-refractivity contribution in [1.82, 2.24) is 0 Å². The van der Waals surface area contributed by atoms with Crippen LogP contribution in [-0.4, -0.2) is 20.8 Å². The van der Waals surface area contributed by atoms with E-state index in [1.54, 1.807) is 0 Å². The van der Waals surface area contributed by atoms with Gasteiger partial charge in [-0.15, -0.1) is 0 Å². The average molecular weight is 182 g/mol. The van der Waals surface area contributed by atoms with E-state index >= 15 is 0 Å². The summed E-state index contributed by atoms with van der Waals surface area (Å²) in [5.41, 5.74) is 0. The second-order valence-corrected chi connectivity index (χ2v) is 3.20. The van der Waals surface area contributed by atoms with E-state index in [0.29, 0.717) is 13.0 Å². The van der Waals surface area contributed by atoms with Crippen LogP contribution >= 0.6 is 0 Å². The molecule has 1 aliphatic rings. The minimum absolute atomic E-state index is 0.201. The fourth-order valence-corrected chi connectivity index (χ4v) is 1.44. The molecule has 3 nitrogen and oxygen atoms in total. The minimum atomic E-state index is -3.05. The summed E-state index contributed by atoms with van der Waals surface area (Å²) in [4.78, 5) is 0. The molecule has 0 saturated carbocycles. The first-order chi connectivity index (χ1) is 5.21. The normalized spacial score (nSPS) is 18.9. The van der Waals surface area contributed by atoms with Gasteiger partial charge in [0.2, 0.25) is 0 Å². The van der Waals surface area contributed by atoms with Gasteiger partial charge < -0.3 is 0 Å². The smallest absolute Gasteiger partial charge is 0.267 e. The summed E-state index contributed by atoms with van der Waals surface area (Å²) in [5, 5.41) is 0. The van der Waals surface area contributed by atoms with Gasteiger partial charge in [-0.05, 0) is 6.42 Å². The first kappa shape index (κ1) is 13.5. The van der Waals surface area contributed by atoms with Crippen molar-refractivity contribution in [2.24, 2.45) is 0 Å². The van der Waals surface area contributed by atoms with E-state index in [0.717, 1.165) is 0 Å². The first-order valence-corrected chi connectivity index (χ1v) is 5.65. The van der Waals surface area contributed by atoms with E-state index in [1.807, 2.05) is 27.7 Å². The van der Waals surface area contributed by atoms with Crippen LogP contribution in [0.4, 0.5) is 0 Å². The van der Waals surface area contributed by atoms with Crippen LogP contribution in [-0.2, 0) is 14.3 Å². The van der Waals surface area contributed by atoms with Gasteiger partial charge >= 0.3 is 0 Å². The van der Waals surface area contributed by atoms with E-state index in [9.17, 15) is 8.42 Å². The predicted molar refractivity (Wildman–Crippen MR) is 47.1 cm³/mol. The van der Waals surface area contributed by atoms with Gasteiger partial charge in [0.1, 0.15) is 0 Å². The van der Waals surface area contributed by atoms with Crippen LogP contribution in [0.1, 0.15) is 34.1 Å². The molecule has 1 aliphatic heterocycles. The van der Waals surface area contributed by atoms with Crippen LogP contribution in [0.5, 0.6) is 0 Å². The maximum absolute atomic E-state index is 10.2. The highest BCUT2D eigenvalue weighted by molar-refractivity contribution is 7.86. The Morgan fingerprint density at radius 2 is 1.55 bits per heavy atom. The average Bonchev–Trinajstić information content (AvgIpc) is 2.43. The van der Waals surface area contributed by atoms with Gasteiger partial charge in [-0.25, -0.2) is 0 Å². The highest BCUT2D eigenvalue weighted by atomic mass is 32.2. The van der Waals surface area contributed by atoms with Gasteiger partial charge in [0.25, 0.3) is 10.1 Å². The molecule has 1 heterocycles. The Morgan fingerprint density at radius 1 is 1.09 bits per heavy atom. The third-order valence-electron chi connectivity index (χ3n) is 0.802. The van der Waals surface area contributed by atoms with E-state index in [-0.39, 0.29) is 5.75 Å². The summed E-state index contributed by atoms with van der Waals surface area (Å²) in [5.74, 6) is 0.201. The summed E-state index contributed by atoms with van der Waals surface area (Å²) >= 11 is 0. The molecule has 0 bridgehead atoms. The van der Waals surface area contributed by atoms with Crippen LogP contribution in [0.25, 0.3) is 0 Å². The molecule has 0 spiro atoms. The van der Waals surface area contributed by atoms with E-state index in [4.69, 9.17) is 0 Å². The summed E-state index contributed by atoms with van der Waals surface area (Å²) in [6.45, 7) is 8.38. The lowest BCUT2D eigenvalue weighted by Gasteiger charge is -1.83. The maximum Gasteiger partial charge on any atom is 0.267 e. The molecule has 4 heteroatoms. The highest BCUT2D eigenvalue weighted by Crippen LogP contribution is 2.04. The highest BCUT2D eigenvalue weighted by Gasteiger charge is 2.16. The Balaban J connectivity index is 0. The molecule has 70 valence electrons. The van der Waals surface area contributed by atoms with Crippen molar-refractivity contribution in [2.45, 2.75) is 34.1 Å². The quantitative estimate of drug-likeness (QED) is 0.536. The zero-order valence-corrected chi connectivity index (χ0v) is 8.57. The van der Waals surface area contributed by atoms with Crippen molar-refractivity contribution in [3.63, 3.8) is 0 Å². The molecule has 1 saturated heterocycles. The molecule has 0 atom stereocenters. The molecule has 11 heavy (non-hydrogen) atoms. The Morgan fingerprint density at radius 3 is 1.64 bits per heavy atom. The SMILES string of the molecule is CC.CC.O=S1(=O)CCCO1. The zero-order valence-electron chi connectivity index (χ0n) is 7.75. The summed E-state index contributed by atoms with van der Waals surface area (Å²) < 4.78 is 24.7. The van der Waals surface area contributed by atoms with Crippen LogP contribution in [0.3, 0.4) is 0 Å². The molecule has 0 aliphatic carbocycles. The molecule has 0 aromatic heterocycles. The Labute approximate surface area is 69.9 Å². The third-order valence-corrected chi connectivity index (χ3v) is 2.12. The lowest BCUT2D eigenvalue weighted by molar-refractivity contribution is 0.354. The van der Waals surface area contributed by atoms with Crippen molar-refractivity contribution < 1.29 is 12.6 Å². The third kappa shape index (κ3) is 7.81. The molecule has 0 unspecified atom stereocenters. The Hall–Kier alpha value is -0.0900. The molecule has 0 radical (unpaired) electrons. The van der Waals surface area contributed by atoms with Crippen molar-refractivity contribution in [3.05, 3.63) is 0 Å². The zero-order chi connectivity index (χ0) is 9.33. The van der Waals surface area contributed by atoms with Crippen molar-refractivity contribution in [3.8, 4) is 0 Å². The molecular weight excluding hydrogens is 164 g/mol. The van der Waals surface area contributed by atoms with Gasteiger partial charge in [0.15, 0.2) is 0 Å². The minimum Gasteiger partial charge on any atom is -0.270 e. The van der Waals surface area contributed by atoms with E-state index in [1.165, 1.54) is 0 Å². The number of hydrogen-bond acceptors (Lipinski definition) is 3. The topological polar surface area (TPSA) is 43.4 Å². The largest absolute Gasteiger partial charge is 0.270 e. The molecule has 1 fully saturated rings. The molecular formula is C7H18O3S. The van der Waals surface area contributed by atoms with Gasteiger partial charge in [-0.1, -0.05) is 27.7 Å². The van der Waals surface area contributed by atoms with Crippen LogP contribution < -0.4 is 0 Å². The van der Waals surface area contributed by atoms with Crippen LogP contribution in [0.2, 0.25) is 0 Å². The first-order valence-electron chi connectivity index (χ1n) is 4.08. The summed E-state index contributed by atoms with van der Waals surface area (Å²) in [6.07, 6.45) is 0.655. The standard InChI is InChI=1S/C3H6O3S.2C2H6/c4-7(5)3-1-2-6-7;2*1-2/h1-3H2;2*1-2H3. The molecule has 1 rings (SSSR count). The van der Waals surface area contributed by atoms with Gasteiger partial charge in [-0.3, -0.25) is 4.18 Å². The summed E-state index contributed by atoms with van der Waals surface area (Å²) in [7, 11) is -3.05.